The van der Waals surface area contributed by atoms with Gasteiger partial charge in [-0.2, -0.15) is 0 Å². The van der Waals surface area contributed by atoms with Crippen molar-refractivity contribution in [2.75, 3.05) is 0 Å². The summed E-state index contributed by atoms with van der Waals surface area (Å²) in [6, 6.07) is -2.33. The minimum atomic E-state index is -1.21. The maximum atomic E-state index is 11.6. The number of nitrogens with zero attached hydrogens (tertiary/aromatic N) is 1. The van der Waals surface area contributed by atoms with Crippen molar-refractivity contribution >= 4 is 17.8 Å². The van der Waals surface area contributed by atoms with Crippen LogP contribution in [0.5, 0.6) is 0 Å². The fraction of sp³-hybridized carbons (Fsp3) is 0.400. The summed E-state index contributed by atoms with van der Waals surface area (Å²) in [5.74, 6) is -2.69. The molecule has 0 saturated carbocycles. The molecular weight excluding hydrogens is 254 g/mol. The monoisotopic (exact) mass is 269 g/mol. The number of aromatic nitrogens is 2. The zero-order valence-electron chi connectivity index (χ0n) is 10.00. The Bertz CT molecular complexity index is 458. The van der Waals surface area contributed by atoms with Crippen LogP contribution >= 0.6 is 0 Å². The molecule has 0 aliphatic carbocycles. The van der Waals surface area contributed by atoms with E-state index in [1.165, 1.54) is 12.5 Å². The number of carbonyl (C=O) groups excluding carboxylic acids is 2. The zero-order valence-corrected chi connectivity index (χ0v) is 10.00. The van der Waals surface area contributed by atoms with E-state index in [1.807, 2.05) is 0 Å². The Morgan fingerprint density at radius 3 is 2.63 bits per heavy atom. The third-order valence-electron chi connectivity index (χ3n) is 2.35. The molecule has 19 heavy (non-hydrogen) atoms. The molecule has 0 saturated heterocycles. The van der Waals surface area contributed by atoms with Gasteiger partial charge in [-0.05, 0) is 0 Å². The first-order chi connectivity index (χ1) is 8.90. The number of aromatic amines is 1. The van der Waals surface area contributed by atoms with Gasteiger partial charge in [0.15, 0.2) is 0 Å². The minimum Gasteiger partial charge on any atom is -0.480 e. The van der Waals surface area contributed by atoms with E-state index in [1.54, 1.807) is 0 Å². The second kappa shape index (κ2) is 6.50. The lowest BCUT2D eigenvalue weighted by Crippen LogP contribution is -2.50. The number of carboxylic acid groups (broad SMARTS) is 1. The molecule has 0 bridgehead atoms. The van der Waals surface area contributed by atoms with Crippen molar-refractivity contribution in [1.29, 1.82) is 0 Å². The van der Waals surface area contributed by atoms with E-state index in [4.69, 9.17) is 16.6 Å². The van der Waals surface area contributed by atoms with E-state index in [0.717, 1.165) is 0 Å². The molecule has 0 aliphatic heterocycles. The first kappa shape index (κ1) is 14.6. The van der Waals surface area contributed by atoms with E-state index in [-0.39, 0.29) is 12.8 Å². The van der Waals surface area contributed by atoms with E-state index in [2.05, 4.69) is 15.3 Å². The van der Waals surface area contributed by atoms with Crippen LogP contribution in [0.4, 0.5) is 0 Å². The fourth-order valence-electron chi connectivity index (χ4n) is 1.40. The predicted octanol–water partition coefficient (Wildman–Crippen LogP) is -2.28. The number of carbonyl (C=O) groups is 3. The normalized spacial score (nSPS) is 13.5. The van der Waals surface area contributed by atoms with Crippen LogP contribution in [0.3, 0.4) is 0 Å². The van der Waals surface area contributed by atoms with Crippen molar-refractivity contribution in [3.05, 3.63) is 18.2 Å². The van der Waals surface area contributed by atoms with Crippen molar-refractivity contribution in [1.82, 2.24) is 15.3 Å². The number of nitrogens with one attached hydrogen (secondary N) is 2. The Labute approximate surface area is 108 Å². The van der Waals surface area contributed by atoms with Crippen LogP contribution in [0, 0.1) is 0 Å². The Morgan fingerprint density at radius 1 is 1.47 bits per heavy atom. The molecule has 1 aromatic rings. The van der Waals surface area contributed by atoms with Gasteiger partial charge in [0.05, 0.1) is 18.8 Å². The number of primary amides is 1. The number of aliphatic carboxylic acids is 1. The van der Waals surface area contributed by atoms with E-state index >= 15 is 0 Å². The summed E-state index contributed by atoms with van der Waals surface area (Å²) in [6.45, 7) is 0. The number of nitrogens with two attached hydrogens (primary N) is 2. The molecular formula is C10H15N5O4. The minimum absolute atomic E-state index is 0.0321. The lowest BCUT2D eigenvalue weighted by Gasteiger charge is -2.16. The van der Waals surface area contributed by atoms with Crippen molar-refractivity contribution < 1.29 is 19.5 Å². The molecule has 1 rings (SSSR count). The molecule has 0 spiro atoms. The highest BCUT2D eigenvalue weighted by molar-refractivity contribution is 5.90. The molecule has 2 atom stereocenters. The van der Waals surface area contributed by atoms with Gasteiger partial charge in [0.1, 0.15) is 6.04 Å². The quantitative estimate of drug-likeness (QED) is 0.374. The smallest absolute Gasteiger partial charge is 0.326 e. The van der Waals surface area contributed by atoms with Gasteiger partial charge in [0.25, 0.3) is 0 Å². The average Bonchev–Trinajstić information content (AvgIpc) is 2.79. The zero-order chi connectivity index (χ0) is 14.4. The number of rotatable bonds is 7. The predicted molar refractivity (Wildman–Crippen MR) is 63.6 cm³/mol. The topological polar surface area (TPSA) is 164 Å². The van der Waals surface area contributed by atoms with Gasteiger partial charge >= 0.3 is 5.97 Å². The van der Waals surface area contributed by atoms with Gasteiger partial charge in [-0.3, -0.25) is 9.59 Å². The van der Waals surface area contributed by atoms with Crippen LogP contribution < -0.4 is 16.8 Å². The highest BCUT2D eigenvalue weighted by Gasteiger charge is 2.24. The summed E-state index contributed by atoms with van der Waals surface area (Å²) < 4.78 is 0. The molecule has 104 valence electrons. The maximum absolute atomic E-state index is 11.6. The van der Waals surface area contributed by atoms with Crippen molar-refractivity contribution in [2.45, 2.75) is 24.9 Å². The largest absolute Gasteiger partial charge is 0.480 e. The molecule has 0 radical (unpaired) electrons. The number of carboxylic acids is 1. The van der Waals surface area contributed by atoms with Crippen LogP contribution in [0.2, 0.25) is 0 Å². The first-order valence-electron chi connectivity index (χ1n) is 5.44. The Morgan fingerprint density at radius 2 is 2.16 bits per heavy atom. The number of hydrogen-bond acceptors (Lipinski definition) is 5. The Kier molecular flexibility index (Phi) is 5.01. The van der Waals surface area contributed by atoms with E-state index in [9.17, 15) is 14.4 Å². The van der Waals surface area contributed by atoms with Crippen LogP contribution in [0.25, 0.3) is 0 Å². The molecule has 0 fully saturated rings. The Balaban J connectivity index is 2.61. The molecule has 1 heterocycles. The van der Waals surface area contributed by atoms with Crippen LogP contribution in [-0.4, -0.2) is 44.9 Å². The summed E-state index contributed by atoms with van der Waals surface area (Å²) in [6.07, 6.45) is 2.53. The van der Waals surface area contributed by atoms with E-state index in [0.29, 0.717) is 5.69 Å². The van der Waals surface area contributed by atoms with Gasteiger partial charge in [-0.1, -0.05) is 0 Å². The third-order valence-corrected chi connectivity index (χ3v) is 2.35. The molecule has 1 aromatic heterocycles. The molecule has 0 aliphatic rings. The second-order valence-electron chi connectivity index (χ2n) is 3.96. The highest BCUT2D eigenvalue weighted by atomic mass is 16.4. The van der Waals surface area contributed by atoms with Crippen molar-refractivity contribution in [3.8, 4) is 0 Å². The summed E-state index contributed by atoms with van der Waals surface area (Å²) >= 11 is 0. The summed E-state index contributed by atoms with van der Waals surface area (Å²) in [7, 11) is 0. The van der Waals surface area contributed by atoms with Gasteiger partial charge in [0, 0.05) is 18.3 Å². The first-order valence-corrected chi connectivity index (χ1v) is 5.44. The molecule has 2 amide bonds. The maximum Gasteiger partial charge on any atom is 0.326 e. The van der Waals surface area contributed by atoms with Crippen molar-refractivity contribution in [2.24, 2.45) is 11.5 Å². The molecule has 9 heteroatoms. The number of amides is 2. The van der Waals surface area contributed by atoms with Gasteiger partial charge in [0.2, 0.25) is 11.8 Å². The van der Waals surface area contributed by atoms with Gasteiger partial charge in [-0.15, -0.1) is 0 Å². The number of imidazole rings is 1. The van der Waals surface area contributed by atoms with Crippen LogP contribution in [0.15, 0.2) is 12.5 Å². The highest BCUT2D eigenvalue weighted by Crippen LogP contribution is 2.00. The molecule has 0 aromatic carbocycles. The standard InChI is InChI=1S/C10H15N5O4/c11-6(2-8(12)16)9(17)15-7(10(18)19)1-5-3-13-4-14-5/h3-4,6-7H,1-2,11H2,(H2,12,16)(H,13,14)(H,15,17)(H,18,19). The molecule has 7 N–H and O–H groups in total. The van der Waals surface area contributed by atoms with Crippen LogP contribution in [0.1, 0.15) is 12.1 Å². The van der Waals surface area contributed by atoms with Gasteiger partial charge in [-0.25, -0.2) is 9.78 Å². The van der Waals surface area contributed by atoms with Crippen LogP contribution in [-0.2, 0) is 20.8 Å². The Hall–Kier alpha value is -2.42. The third kappa shape index (κ3) is 4.76. The summed E-state index contributed by atoms with van der Waals surface area (Å²) in [5.41, 5.74) is 10.9. The van der Waals surface area contributed by atoms with E-state index < -0.39 is 29.9 Å². The molecule has 2 unspecified atom stereocenters. The number of hydrogen-bond donors (Lipinski definition) is 5. The van der Waals surface area contributed by atoms with Gasteiger partial charge < -0.3 is 26.9 Å². The number of H-pyrrole nitrogens is 1. The van der Waals surface area contributed by atoms with Crippen molar-refractivity contribution in [3.63, 3.8) is 0 Å². The SMILES string of the molecule is NC(=O)CC(N)C(=O)NC(Cc1cnc[nH]1)C(=O)O. The average molecular weight is 269 g/mol. The second-order valence-corrected chi connectivity index (χ2v) is 3.96. The summed E-state index contributed by atoms with van der Waals surface area (Å²) in [5, 5.41) is 11.2. The molecule has 9 nitrogen and oxygen atoms in total. The lowest BCUT2D eigenvalue weighted by atomic mass is 10.1. The fourth-order valence-corrected chi connectivity index (χ4v) is 1.40. The summed E-state index contributed by atoms with van der Waals surface area (Å²) in [4.78, 5) is 39.7. The lowest BCUT2D eigenvalue weighted by molar-refractivity contribution is -0.142.